The fourth-order valence-electron chi connectivity index (χ4n) is 2.58. The molecule has 1 atom stereocenters. The van der Waals surface area contributed by atoms with Crippen LogP contribution in [0.3, 0.4) is 0 Å². The Balaban J connectivity index is 1.91. The van der Waals surface area contributed by atoms with Gasteiger partial charge in [0.25, 0.3) is 5.91 Å². The summed E-state index contributed by atoms with van der Waals surface area (Å²) in [7, 11) is 0. The van der Waals surface area contributed by atoms with Crippen molar-refractivity contribution in [3.8, 4) is 0 Å². The third kappa shape index (κ3) is 5.92. The van der Waals surface area contributed by atoms with Gasteiger partial charge in [0, 0.05) is 5.69 Å². The van der Waals surface area contributed by atoms with E-state index in [0.29, 0.717) is 4.88 Å². The first-order chi connectivity index (χ1) is 12.9. The molecule has 3 amide bonds. The molecule has 1 unspecified atom stereocenters. The van der Waals surface area contributed by atoms with Crippen molar-refractivity contribution in [1.82, 2.24) is 10.6 Å². The van der Waals surface area contributed by atoms with E-state index in [-0.39, 0.29) is 30.2 Å². The van der Waals surface area contributed by atoms with Crippen LogP contribution in [0.25, 0.3) is 0 Å². The predicted molar refractivity (Wildman–Crippen MR) is 108 cm³/mol. The Morgan fingerprint density at radius 3 is 2.44 bits per heavy atom. The fourth-order valence-corrected chi connectivity index (χ4v) is 3.20. The summed E-state index contributed by atoms with van der Waals surface area (Å²) in [5.74, 6) is -1.09. The second-order valence-corrected chi connectivity index (χ2v) is 7.40. The second kappa shape index (κ2) is 9.87. The molecule has 7 heteroatoms. The van der Waals surface area contributed by atoms with Crippen LogP contribution in [-0.2, 0) is 16.0 Å². The molecule has 0 spiro atoms. The molecule has 6 nitrogen and oxygen atoms in total. The number of carbonyl (C=O) groups excluding carboxylic acids is 3. The van der Waals surface area contributed by atoms with E-state index >= 15 is 0 Å². The number of thiophene rings is 1. The summed E-state index contributed by atoms with van der Waals surface area (Å²) in [4.78, 5) is 37.4. The Hall–Kier alpha value is -2.67. The van der Waals surface area contributed by atoms with E-state index in [0.717, 1.165) is 17.7 Å². The second-order valence-electron chi connectivity index (χ2n) is 6.45. The van der Waals surface area contributed by atoms with Gasteiger partial charge in [-0.05, 0) is 35.4 Å². The molecule has 0 aliphatic heterocycles. The highest BCUT2D eigenvalue weighted by Crippen LogP contribution is 2.15. The van der Waals surface area contributed by atoms with Gasteiger partial charge in [0.15, 0.2) is 0 Å². The van der Waals surface area contributed by atoms with Crippen LogP contribution in [0.2, 0.25) is 0 Å². The molecule has 27 heavy (non-hydrogen) atoms. The number of para-hydroxylation sites is 1. The SMILES string of the molecule is CCc1ccccc1NC(=O)CNC(=O)C(NC(=O)c1cccs1)C(C)C. The Kier molecular flexibility index (Phi) is 7.55. The standard InChI is InChI=1S/C20H25N3O3S/c1-4-14-8-5-6-9-15(14)22-17(24)12-21-20(26)18(13(2)3)23-19(25)16-10-7-11-27-16/h5-11,13,18H,4,12H2,1-3H3,(H,21,26)(H,22,24)(H,23,25). The number of hydrogen-bond acceptors (Lipinski definition) is 4. The maximum absolute atomic E-state index is 12.5. The zero-order chi connectivity index (χ0) is 19.8. The first-order valence-electron chi connectivity index (χ1n) is 8.92. The van der Waals surface area contributed by atoms with Crippen molar-refractivity contribution in [1.29, 1.82) is 0 Å². The van der Waals surface area contributed by atoms with E-state index in [1.165, 1.54) is 11.3 Å². The lowest BCUT2D eigenvalue weighted by atomic mass is 10.0. The molecule has 0 bridgehead atoms. The smallest absolute Gasteiger partial charge is 0.262 e. The molecule has 1 aromatic carbocycles. The maximum atomic E-state index is 12.5. The molecular formula is C20H25N3O3S. The number of benzene rings is 1. The lowest BCUT2D eigenvalue weighted by Crippen LogP contribution is -2.50. The van der Waals surface area contributed by atoms with Crippen molar-refractivity contribution in [2.75, 3.05) is 11.9 Å². The molecule has 0 aliphatic carbocycles. The molecule has 144 valence electrons. The Bertz CT molecular complexity index is 788. The van der Waals surface area contributed by atoms with Gasteiger partial charge in [0.2, 0.25) is 11.8 Å². The van der Waals surface area contributed by atoms with Crippen molar-refractivity contribution >= 4 is 34.7 Å². The molecule has 0 aliphatic rings. The molecule has 0 saturated heterocycles. The summed E-state index contributed by atoms with van der Waals surface area (Å²) in [6.07, 6.45) is 0.799. The lowest BCUT2D eigenvalue weighted by Gasteiger charge is -2.21. The molecule has 0 radical (unpaired) electrons. The van der Waals surface area contributed by atoms with Gasteiger partial charge in [-0.2, -0.15) is 0 Å². The molecule has 3 N–H and O–H groups in total. The van der Waals surface area contributed by atoms with E-state index in [1.54, 1.807) is 17.5 Å². The number of hydrogen-bond donors (Lipinski definition) is 3. The Morgan fingerprint density at radius 1 is 1.07 bits per heavy atom. The van der Waals surface area contributed by atoms with Crippen LogP contribution < -0.4 is 16.0 Å². The van der Waals surface area contributed by atoms with Crippen LogP contribution in [0.5, 0.6) is 0 Å². The van der Waals surface area contributed by atoms with E-state index in [2.05, 4.69) is 16.0 Å². The number of carbonyl (C=O) groups is 3. The summed E-state index contributed by atoms with van der Waals surface area (Å²) in [6, 6.07) is 10.3. The summed E-state index contributed by atoms with van der Waals surface area (Å²) < 4.78 is 0. The molecular weight excluding hydrogens is 362 g/mol. The van der Waals surface area contributed by atoms with Crippen molar-refractivity contribution in [2.24, 2.45) is 5.92 Å². The van der Waals surface area contributed by atoms with Gasteiger partial charge in [0.1, 0.15) is 6.04 Å². The lowest BCUT2D eigenvalue weighted by molar-refractivity contribution is -0.126. The quantitative estimate of drug-likeness (QED) is 0.651. The Labute approximate surface area is 163 Å². The Morgan fingerprint density at radius 2 is 1.81 bits per heavy atom. The van der Waals surface area contributed by atoms with E-state index in [4.69, 9.17) is 0 Å². The normalized spacial score (nSPS) is 11.7. The van der Waals surface area contributed by atoms with E-state index in [9.17, 15) is 14.4 Å². The highest BCUT2D eigenvalue weighted by molar-refractivity contribution is 7.12. The van der Waals surface area contributed by atoms with Crippen LogP contribution in [0, 0.1) is 5.92 Å². The van der Waals surface area contributed by atoms with Gasteiger partial charge in [0.05, 0.1) is 11.4 Å². The molecule has 2 rings (SSSR count). The van der Waals surface area contributed by atoms with Gasteiger partial charge >= 0.3 is 0 Å². The topological polar surface area (TPSA) is 87.3 Å². The van der Waals surface area contributed by atoms with Crippen LogP contribution in [0.4, 0.5) is 5.69 Å². The largest absolute Gasteiger partial charge is 0.345 e. The minimum Gasteiger partial charge on any atom is -0.345 e. The average molecular weight is 388 g/mol. The van der Waals surface area contributed by atoms with E-state index in [1.807, 2.05) is 45.0 Å². The third-order valence-electron chi connectivity index (χ3n) is 4.08. The number of anilines is 1. The highest BCUT2D eigenvalue weighted by atomic mass is 32.1. The van der Waals surface area contributed by atoms with E-state index < -0.39 is 6.04 Å². The number of aryl methyl sites for hydroxylation is 1. The van der Waals surface area contributed by atoms with Gasteiger partial charge in [-0.25, -0.2) is 0 Å². The maximum Gasteiger partial charge on any atom is 0.262 e. The van der Waals surface area contributed by atoms with Crippen molar-refractivity contribution in [3.05, 3.63) is 52.2 Å². The summed E-state index contributed by atoms with van der Waals surface area (Å²) >= 11 is 1.31. The predicted octanol–water partition coefficient (Wildman–Crippen LogP) is 2.82. The first-order valence-corrected chi connectivity index (χ1v) is 9.80. The number of nitrogens with one attached hydrogen (secondary N) is 3. The van der Waals surface area contributed by atoms with Crippen LogP contribution in [0.1, 0.15) is 36.0 Å². The molecule has 1 aromatic heterocycles. The zero-order valence-corrected chi connectivity index (χ0v) is 16.6. The first kappa shape index (κ1) is 20.6. The van der Waals surface area contributed by atoms with Crippen LogP contribution >= 0.6 is 11.3 Å². The van der Waals surface area contributed by atoms with Gasteiger partial charge in [-0.3, -0.25) is 14.4 Å². The van der Waals surface area contributed by atoms with Crippen molar-refractivity contribution < 1.29 is 14.4 Å². The number of rotatable bonds is 8. The van der Waals surface area contributed by atoms with Crippen molar-refractivity contribution in [2.45, 2.75) is 33.2 Å². The molecule has 1 heterocycles. The summed E-state index contributed by atoms with van der Waals surface area (Å²) in [5, 5.41) is 9.96. The molecule has 0 fully saturated rings. The van der Waals surface area contributed by atoms with Crippen LogP contribution in [-0.4, -0.2) is 30.3 Å². The molecule has 2 aromatic rings. The minimum atomic E-state index is -0.713. The summed E-state index contributed by atoms with van der Waals surface area (Å²) in [5.41, 5.74) is 1.77. The average Bonchev–Trinajstić information content (AvgIpc) is 3.19. The van der Waals surface area contributed by atoms with Crippen LogP contribution in [0.15, 0.2) is 41.8 Å². The van der Waals surface area contributed by atoms with Crippen molar-refractivity contribution in [3.63, 3.8) is 0 Å². The fraction of sp³-hybridized carbons (Fsp3) is 0.350. The molecule has 0 saturated carbocycles. The summed E-state index contributed by atoms with van der Waals surface area (Å²) in [6.45, 7) is 5.54. The van der Waals surface area contributed by atoms with Gasteiger partial charge < -0.3 is 16.0 Å². The van der Waals surface area contributed by atoms with Gasteiger partial charge in [-0.1, -0.05) is 45.0 Å². The number of amides is 3. The monoisotopic (exact) mass is 387 g/mol. The highest BCUT2D eigenvalue weighted by Gasteiger charge is 2.25. The third-order valence-corrected chi connectivity index (χ3v) is 4.94. The minimum absolute atomic E-state index is 0.113. The van der Waals surface area contributed by atoms with Gasteiger partial charge in [-0.15, -0.1) is 11.3 Å². The zero-order valence-electron chi connectivity index (χ0n) is 15.7.